The van der Waals surface area contributed by atoms with Gasteiger partial charge in [-0.15, -0.1) is 11.3 Å². The van der Waals surface area contributed by atoms with Crippen LogP contribution in [0.1, 0.15) is 29.0 Å². The minimum Gasteiger partial charge on any atom is -0.377 e. The number of halogens is 4. The lowest BCUT2D eigenvalue weighted by molar-refractivity contribution is -0.137. The fourth-order valence-electron chi connectivity index (χ4n) is 1.80. The van der Waals surface area contributed by atoms with Crippen molar-refractivity contribution in [3.63, 3.8) is 0 Å². The second kappa shape index (κ2) is 5.96. The Morgan fingerprint density at radius 1 is 1.29 bits per heavy atom. The van der Waals surface area contributed by atoms with Gasteiger partial charge in [-0.2, -0.15) is 18.4 Å². The van der Waals surface area contributed by atoms with Crippen LogP contribution in [0.3, 0.4) is 0 Å². The first-order chi connectivity index (χ1) is 9.81. The number of nitrogens with one attached hydrogen (secondary N) is 1. The first kappa shape index (κ1) is 15.7. The molecule has 0 bridgehead atoms. The Morgan fingerprint density at radius 3 is 2.52 bits per heavy atom. The van der Waals surface area contributed by atoms with Gasteiger partial charge in [0.05, 0.1) is 27.2 Å². The van der Waals surface area contributed by atoms with E-state index in [1.54, 1.807) is 12.1 Å². The van der Waals surface area contributed by atoms with Gasteiger partial charge in [0.25, 0.3) is 0 Å². The molecule has 1 heterocycles. The molecule has 0 amide bonds. The molecule has 0 spiro atoms. The zero-order valence-corrected chi connectivity index (χ0v) is 12.4. The molecule has 110 valence electrons. The van der Waals surface area contributed by atoms with E-state index in [1.165, 1.54) is 17.4 Å². The van der Waals surface area contributed by atoms with Crippen molar-refractivity contribution in [3.05, 3.63) is 50.7 Å². The highest BCUT2D eigenvalue weighted by Gasteiger charge is 2.31. The smallest absolute Gasteiger partial charge is 0.377 e. The van der Waals surface area contributed by atoms with Crippen LogP contribution in [0.25, 0.3) is 0 Å². The standard InChI is InChI=1S/C14H10ClF3N2S/c1-8(12-4-5-13(15)21-12)20-11-3-2-10(14(16,17)18)6-9(11)7-19/h2-6,8,20H,1H3. The number of nitrogens with zero attached hydrogens (tertiary/aromatic N) is 1. The van der Waals surface area contributed by atoms with E-state index in [9.17, 15) is 13.2 Å². The normalized spacial score (nSPS) is 12.8. The molecule has 0 aliphatic rings. The average Bonchev–Trinajstić information content (AvgIpc) is 2.84. The Balaban J connectivity index is 2.26. The number of alkyl halides is 3. The third-order valence-corrected chi connectivity index (χ3v) is 4.27. The monoisotopic (exact) mass is 330 g/mol. The first-order valence-electron chi connectivity index (χ1n) is 5.94. The van der Waals surface area contributed by atoms with Crippen molar-refractivity contribution in [2.75, 3.05) is 5.32 Å². The lowest BCUT2D eigenvalue weighted by Crippen LogP contribution is -2.09. The highest BCUT2D eigenvalue weighted by molar-refractivity contribution is 7.16. The number of hydrogen-bond donors (Lipinski definition) is 1. The average molecular weight is 331 g/mol. The minimum absolute atomic E-state index is 0.0423. The van der Waals surface area contributed by atoms with Gasteiger partial charge in [0.1, 0.15) is 6.07 Å². The minimum atomic E-state index is -4.46. The third kappa shape index (κ3) is 3.69. The quantitative estimate of drug-likeness (QED) is 0.810. The summed E-state index contributed by atoms with van der Waals surface area (Å²) in [6, 6.07) is 8.28. The van der Waals surface area contributed by atoms with Gasteiger partial charge in [-0.25, -0.2) is 0 Å². The Bertz CT molecular complexity index is 688. The molecule has 2 nitrogen and oxygen atoms in total. The highest BCUT2D eigenvalue weighted by Crippen LogP contribution is 2.33. The Morgan fingerprint density at radius 2 is 2.00 bits per heavy atom. The summed E-state index contributed by atoms with van der Waals surface area (Å²) in [5.74, 6) is 0. The maximum absolute atomic E-state index is 12.6. The molecule has 0 fully saturated rings. The zero-order valence-electron chi connectivity index (χ0n) is 10.8. The fraction of sp³-hybridized carbons (Fsp3) is 0.214. The van der Waals surface area contributed by atoms with Crippen LogP contribution in [0.15, 0.2) is 30.3 Å². The van der Waals surface area contributed by atoms with Crippen LogP contribution < -0.4 is 5.32 Å². The van der Waals surface area contributed by atoms with Crippen LogP contribution in [-0.2, 0) is 6.18 Å². The van der Waals surface area contributed by atoms with Gasteiger partial charge in [0.15, 0.2) is 0 Å². The van der Waals surface area contributed by atoms with Crippen LogP contribution in [0.2, 0.25) is 4.34 Å². The largest absolute Gasteiger partial charge is 0.416 e. The van der Waals surface area contributed by atoms with Gasteiger partial charge in [0, 0.05) is 4.88 Å². The molecule has 21 heavy (non-hydrogen) atoms. The molecule has 2 aromatic rings. The van der Waals surface area contributed by atoms with E-state index in [2.05, 4.69) is 5.32 Å². The van der Waals surface area contributed by atoms with Crippen molar-refractivity contribution in [2.24, 2.45) is 0 Å². The molecule has 0 saturated heterocycles. The number of anilines is 1. The number of nitriles is 1. The molecule has 1 unspecified atom stereocenters. The number of benzene rings is 1. The molecule has 1 aromatic carbocycles. The van der Waals surface area contributed by atoms with Crippen molar-refractivity contribution in [1.82, 2.24) is 0 Å². The molecule has 1 aromatic heterocycles. The van der Waals surface area contributed by atoms with Gasteiger partial charge in [-0.3, -0.25) is 0 Å². The maximum Gasteiger partial charge on any atom is 0.416 e. The molecule has 1 atom stereocenters. The van der Waals surface area contributed by atoms with E-state index in [1.807, 2.05) is 13.0 Å². The Kier molecular flexibility index (Phi) is 4.45. The molecular weight excluding hydrogens is 321 g/mol. The molecule has 0 saturated carbocycles. The number of rotatable bonds is 3. The van der Waals surface area contributed by atoms with E-state index < -0.39 is 11.7 Å². The van der Waals surface area contributed by atoms with E-state index >= 15 is 0 Å². The molecule has 7 heteroatoms. The molecule has 2 rings (SSSR count). The van der Waals surface area contributed by atoms with Crippen LogP contribution in [0, 0.1) is 11.3 Å². The van der Waals surface area contributed by atoms with Crippen molar-refractivity contribution < 1.29 is 13.2 Å². The summed E-state index contributed by atoms with van der Waals surface area (Å²) in [6.07, 6.45) is -4.46. The summed E-state index contributed by atoms with van der Waals surface area (Å²) in [5, 5.41) is 12.1. The Labute approximate surface area is 128 Å². The second-order valence-corrected chi connectivity index (χ2v) is 6.12. The van der Waals surface area contributed by atoms with Crippen molar-refractivity contribution in [3.8, 4) is 6.07 Å². The van der Waals surface area contributed by atoms with Gasteiger partial charge >= 0.3 is 6.18 Å². The van der Waals surface area contributed by atoms with Crippen molar-refractivity contribution in [1.29, 1.82) is 5.26 Å². The van der Waals surface area contributed by atoms with E-state index in [0.717, 1.165) is 17.0 Å². The van der Waals surface area contributed by atoms with Crippen LogP contribution in [-0.4, -0.2) is 0 Å². The predicted molar refractivity (Wildman–Crippen MR) is 77.5 cm³/mol. The number of hydrogen-bond acceptors (Lipinski definition) is 3. The van der Waals surface area contributed by atoms with Crippen LogP contribution in [0.4, 0.5) is 18.9 Å². The molecular formula is C14H10ClF3N2S. The summed E-state index contributed by atoms with van der Waals surface area (Å²) >= 11 is 7.23. The van der Waals surface area contributed by atoms with Crippen LogP contribution in [0.5, 0.6) is 0 Å². The molecule has 0 radical (unpaired) electrons. The van der Waals surface area contributed by atoms with Gasteiger partial charge in [-0.1, -0.05) is 11.6 Å². The summed E-state index contributed by atoms with van der Waals surface area (Å²) in [5.41, 5.74) is -0.515. The molecule has 0 aliphatic heterocycles. The van der Waals surface area contributed by atoms with Crippen molar-refractivity contribution >= 4 is 28.6 Å². The van der Waals surface area contributed by atoms with Gasteiger partial charge < -0.3 is 5.32 Å². The second-order valence-electron chi connectivity index (χ2n) is 4.38. The lowest BCUT2D eigenvalue weighted by Gasteiger charge is -2.16. The topological polar surface area (TPSA) is 35.8 Å². The summed E-state index contributed by atoms with van der Waals surface area (Å²) < 4.78 is 38.5. The number of thiophene rings is 1. The third-order valence-electron chi connectivity index (χ3n) is 2.86. The van der Waals surface area contributed by atoms with Crippen LogP contribution >= 0.6 is 22.9 Å². The summed E-state index contributed by atoms with van der Waals surface area (Å²) in [7, 11) is 0. The maximum atomic E-state index is 12.6. The van der Waals surface area contributed by atoms with E-state index in [4.69, 9.17) is 16.9 Å². The fourth-order valence-corrected chi connectivity index (χ4v) is 2.87. The van der Waals surface area contributed by atoms with E-state index in [-0.39, 0.29) is 11.6 Å². The van der Waals surface area contributed by atoms with Gasteiger partial charge in [0.2, 0.25) is 0 Å². The lowest BCUT2D eigenvalue weighted by atomic mass is 10.1. The zero-order chi connectivity index (χ0) is 15.6. The van der Waals surface area contributed by atoms with Gasteiger partial charge in [-0.05, 0) is 37.3 Å². The summed E-state index contributed by atoms with van der Waals surface area (Å²) in [6.45, 7) is 1.85. The van der Waals surface area contributed by atoms with Crippen molar-refractivity contribution in [2.45, 2.75) is 19.1 Å². The van der Waals surface area contributed by atoms with E-state index in [0.29, 0.717) is 10.0 Å². The molecule has 0 aliphatic carbocycles. The Hall–Kier alpha value is -1.71. The SMILES string of the molecule is CC(Nc1ccc(C(F)(F)F)cc1C#N)c1ccc(Cl)s1. The summed E-state index contributed by atoms with van der Waals surface area (Å²) in [4.78, 5) is 0.934. The predicted octanol–water partition coefficient (Wildman–Crippen LogP) is 5.47. The molecule has 1 N–H and O–H groups in total. The first-order valence-corrected chi connectivity index (χ1v) is 7.14. The highest BCUT2D eigenvalue weighted by atomic mass is 35.5.